The highest BCUT2D eigenvalue weighted by molar-refractivity contribution is 7.18. The Kier molecular flexibility index (Phi) is 4.78. The van der Waals surface area contributed by atoms with Crippen molar-refractivity contribution in [3.8, 4) is 28.4 Å². The van der Waals surface area contributed by atoms with Gasteiger partial charge >= 0.3 is 5.97 Å². The number of nitrogens with two attached hydrogens (primary N) is 1. The number of nitrogen functional groups attached to an aromatic ring is 1. The number of carbonyl (C=O) groups excluding carboxylic acids is 1. The molecule has 6 heteroatoms. The lowest BCUT2D eigenvalue weighted by atomic mass is 10.1. The van der Waals surface area contributed by atoms with Crippen molar-refractivity contribution in [2.75, 3.05) is 5.73 Å². The molecule has 5 nitrogen and oxygen atoms in total. The zero-order valence-corrected chi connectivity index (χ0v) is 15.6. The van der Waals surface area contributed by atoms with Crippen LogP contribution in [-0.4, -0.2) is 11.0 Å². The summed E-state index contributed by atoms with van der Waals surface area (Å²) in [7, 11) is 0. The van der Waals surface area contributed by atoms with E-state index < -0.39 is 5.97 Å². The first-order chi connectivity index (χ1) is 13.7. The van der Waals surface area contributed by atoms with Crippen LogP contribution in [0.1, 0.15) is 0 Å². The molecule has 0 bridgehead atoms. The fraction of sp³-hybridized carbons (Fsp3) is 0. The Labute approximate surface area is 165 Å². The van der Waals surface area contributed by atoms with Gasteiger partial charge in [0.05, 0.1) is 10.9 Å². The summed E-state index contributed by atoms with van der Waals surface area (Å²) in [5.41, 5.74) is 8.00. The average Bonchev–Trinajstić information content (AvgIpc) is 3.18. The van der Waals surface area contributed by atoms with E-state index in [2.05, 4.69) is 11.6 Å². The maximum absolute atomic E-state index is 11.6. The zero-order chi connectivity index (χ0) is 19.5. The lowest BCUT2D eigenvalue weighted by Crippen LogP contribution is -2.04. The van der Waals surface area contributed by atoms with Crippen molar-refractivity contribution in [3.05, 3.63) is 78.8 Å². The number of ether oxygens (including phenoxy) is 2. The molecule has 2 N–H and O–H groups in total. The van der Waals surface area contributed by atoms with Crippen LogP contribution in [0.5, 0.6) is 17.2 Å². The van der Waals surface area contributed by atoms with E-state index in [1.54, 1.807) is 0 Å². The average molecular weight is 388 g/mol. The number of para-hydroxylation sites is 1. The highest BCUT2D eigenvalue weighted by Crippen LogP contribution is 2.41. The van der Waals surface area contributed by atoms with Gasteiger partial charge in [-0.2, -0.15) is 0 Å². The highest BCUT2D eigenvalue weighted by atomic mass is 32.1. The number of pyridine rings is 1. The van der Waals surface area contributed by atoms with Gasteiger partial charge in [0, 0.05) is 22.4 Å². The fourth-order valence-electron chi connectivity index (χ4n) is 2.81. The van der Waals surface area contributed by atoms with E-state index >= 15 is 0 Å². The second-order valence-electron chi connectivity index (χ2n) is 5.93. The zero-order valence-electron chi connectivity index (χ0n) is 14.8. The molecule has 0 fully saturated rings. The molecular weight excluding hydrogens is 372 g/mol. The molecule has 0 spiro atoms. The third-order valence-electron chi connectivity index (χ3n) is 4.11. The Morgan fingerprint density at radius 2 is 1.79 bits per heavy atom. The van der Waals surface area contributed by atoms with Gasteiger partial charge in [-0.1, -0.05) is 36.9 Å². The molecule has 0 radical (unpaired) electrons. The number of nitrogens with zero attached hydrogens (tertiary/aromatic N) is 1. The van der Waals surface area contributed by atoms with Crippen molar-refractivity contribution >= 4 is 33.2 Å². The summed E-state index contributed by atoms with van der Waals surface area (Å²) in [5.74, 6) is 1.73. The SMILES string of the molecule is C=CC(=O)Oc1cnc(N)c2c(-c3ccc(Oc4ccccc4)cc3)csc12. The summed E-state index contributed by atoms with van der Waals surface area (Å²) in [4.78, 5) is 15.7. The number of fused-ring (bicyclic) bond motifs is 1. The second kappa shape index (κ2) is 7.54. The number of carbonyl (C=O) groups is 1. The molecule has 2 heterocycles. The maximum atomic E-state index is 11.6. The number of rotatable bonds is 5. The molecule has 0 saturated carbocycles. The second-order valence-corrected chi connectivity index (χ2v) is 6.81. The minimum Gasteiger partial charge on any atom is -0.457 e. The van der Waals surface area contributed by atoms with E-state index in [0.717, 1.165) is 38.8 Å². The van der Waals surface area contributed by atoms with Gasteiger partial charge in [-0.05, 0) is 29.8 Å². The summed E-state index contributed by atoms with van der Waals surface area (Å²) in [5, 5.41) is 2.73. The van der Waals surface area contributed by atoms with Crippen LogP contribution in [0.15, 0.2) is 78.8 Å². The molecule has 0 saturated heterocycles. The Balaban J connectivity index is 1.68. The normalized spacial score (nSPS) is 10.6. The van der Waals surface area contributed by atoms with Gasteiger partial charge in [0.25, 0.3) is 0 Å². The molecule has 0 unspecified atom stereocenters. The number of anilines is 1. The predicted octanol–water partition coefficient (Wildman–Crippen LogP) is 5.43. The van der Waals surface area contributed by atoms with Crippen LogP contribution in [0.25, 0.3) is 21.2 Å². The van der Waals surface area contributed by atoms with E-state index in [0.29, 0.717) is 11.6 Å². The molecule has 2 aromatic heterocycles. The largest absolute Gasteiger partial charge is 0.457 e. The Morgan fingerprint density at radius 1 is 1.07 bits per heavy atom. The van der Waals surface area contributed by atoms with Crippen LogP contribution in [0.3, 0.4) is 0 Å². The van der Waals surface area contributed by atoms with Crippen LogP contribution in [0, 0.1) is 0 Å². The predicted molar refractivity (Wildman–Crippen MR) is 112 cm³/mol. The third kappa shape index (κ3) is 3.45. The summed E-state index contributed by atoms with van der Waals surface area (Å²) in [6.07, 6.45) is 2.57. The van der Waals surface area contributed by atoms with E-state index in [9.17, 15) is 4.79 Å². The quantitative estimate of drug-likeness (QED) is 0.364. The van der Waals surface area contributed by atoms with E-state index in [-0.39, 0.29) is 0 Å². The molecule has 0 amide bonds. The number of thiophene rings is 1. The van der Waals surface area contributed by atoms with E-state index in [1.807, 2.05) is 60.0 Å². The standard InChI is InChI=1S/C22H16N2O3S/c1-2-19(25)27-18-12-24-22(23)20-17(13-28-21(18)20)14-8-10-16(11-9-14)26-15-6-4-3-5-7-15/h2-13H,1H2,(H2,23,24). The van der Waals surface area contributed by atoms with Crippen molar-refractivity contribution < 1.29 is 14.3 Å². The van der Waals surface area contributed by atoms with Gasteiger partial charge in [-0.3, -0.25) is 0 Å². The van der Waals surface area contributed by atoms with E-state index in [4.69, 9.17) is 15.2 Å². The number of aromatic nitrogens is 1. The van der Waals surface area contributed by atoms with Crippen LogP contribution in [0.4, 0.5) is 5.82 Å². The van der Waals surface area contributed by atoms with Crippen molar-refractivity contribution in [2.24, 2.45) is 0 Å². The molecule has 4 rings (SSSR count). The summed E-state index contributed by atoms with van der Waals surface area (Å²) in [6, 6.07) is 17.3. The Hall–Kier alpha value is -3.64. The summed E-state index contributed by atoms with van der Waals surface area (Å²) >= 11 is 1.45. The van der Waals surface area contributed by atoms with Gasteiger partial charge < -0.3 is 15.2 Å². The molecule has 0 aliphatic rings. The van der Waals surface area contributed by atoms with Gasteiger partial charge in [-0.15, -0.1) is 11.3 Å². The first kappa shape index (κ1) is 17.8. The molecule has 2 aromatic carbocycles. The Morgan fingerprint density at radius 3 is 2.50 bits per heavy atom. The minimum atomic E-state index is -0.537. The van der Waals surface area contributed by atoms with Crippen molar-refractivity contribution in [1.29, 1.82) is 0 Å². The van der Waals surface area contributed by atoms with Crippen molar-refractivity contribution in [2.45, 2.75) is 0 Å². The summed E-state index contributed by atoms with van der Waals surface area (Å²) in [6.45, 7) is 3.42. The fourth-order valence-corrected chi connectivity index (χ4v) is 3.84. The highest BCUT2D eigenvalue weighted by Gasteiger charge is 2.16. The van der Waals surface area contributed by atoms with Gasteiger partial charge in [0.2, 0.25) is 0 Å². The minimum absolute atomic E-state index is 0.370. The first-order valence-electron chi connectivity index (χ1n) is 8.49. The summed E-state index contributed by atoms with van der Waals surface area (Å²) < 4.78 is 11.9. The number of hydrogen-bond donors (Lipinski definition) is 1. The topological polar surface area (TPSA) is 74.4 Å². The molecule has 0 aliphatic heterocycles. The van der Waals surface area contributed by atoms with Gasteiger partial charge in [0.15, 0.2) is 5.75 Å². The monoisotopic (exact) mass is 388 g/mol. The van der Waals surface area contributed by atoms with Crippen LogP contribution >= 0.6 is 11.3 Å². The lowest BCUT2D eigenvalue weighted by Gasteiger charge is -2.08. The van der Waals surface area contributed by atoms with Crippen molar-refractivity contribution in [1.82, 2.24) is 4.98 Å². The maximum Gasteiger partial charge on any atom is 0.335 e. The number of hydrogen-bond acceptors (Lipinski definition) is 6. The Bertz CT molecular complexity index is 1150. The van der Waals surface area contributed by atoms with Crippen molar-refractivity contribution in [3.63, 3.8) is 0 Å². The molecular formula is C22H16N2O3S. The van der Waals surface area contributed by atoms with Gasteiger partial charge in [0.1, 0.15) is 17.3 Å². The third-order valence-corrected chi connectivity index (χ3v) is 5.11. The number of benzene rings is 2. The van der Waals surface area contributed by atoms with Gasteiger partial charge in [-0.25, -0.2) is 9.78 Å². The van der Waals surface area contributed by atoms with Crippen LogP contribution in [0.2, 0.25) is 0 Å². The molecule has 28 heavy (non-hydrogen) atoms. The molecule has 0 aliphatic carbocycles. The van der Waals surface area contributed by atoms with Crippen LogP contribution in [-0.2, 0) is 4.79 Å². The van der Waals surface area contributed by atoms with E-state index in [1.165, 1.54) is 17.5 Å². The molecule has 0 atom stereocenters. The molecule has 138 valence electrons. The first-order valence-corrected chi connectivity index (χ1v) is 9.37. The smallest absolute Gasteiger partial charge is 0.335 e. The lowest BCUT2D eigenvalue weighted by molar-refractivity contribution is -0.128. The number of esters is 1. The molecule has 4 aromatic rings. The van der Waals surface area contributed by atoms with Crippen LogP contribution < -0.4 is 15.2 Å².